The lowest BCUT2D eigenvalue weighted by atomic mass is 10.9. The number of rotatable bonds is 2. The molecule has 0 aromatic rings. The molecule has 0 spiro atoms. The zero-order valence-corrected chi connectivity index (χ0v) is 7.31. The van der Waals surface area contributed by atoms with E-state index in [9.17, 15) is 0 Å². The molecule has 0 amide bonds. The van der Waals surface area contributed by atoms with Gasteiger partial charge in [0.2, 0.25) is 0 Å². The van der Waals surface area contributed by atoms with Crippen molar-refractivity contribution < 1.29 is 4.74 Å². The molecule has 0 saturated heterocycles. The molecule has 0 saturated carbocycles. The first-order chi connectivity index (χ1) is 4.66. The minimum absolute atomic E-state index is 0.288. The minimum atomic E-state index is 0.288. The summed E-state index contributed by atoms with van der Waals surface area (Å²) in [6, 6.07) is 0. The standard InChI is InChI=1S/C6H12N2OS/c1-4-9-6(10)7-5-8(2)3/h5H,4H2,1-3H3/b7-5+. The van der Waals surface area contributed by atoms with Gasteiger partial charge in [-0.15, -0.1) is 0 Å². The molecule has 0 fully saturated rings. The van der Waals surface area contributed by atoms with E-state index in [-0.39, 0.29) is 5.17 Å². The summed E-state index contributed by atoms with van der Waals surface area (Å²) in [6.07, 6.45) is 1.61. The summed E-state index contributed by atoms with van der Waals surface area (Å²) < 4.78 is 4.90. The Bertz CT molecular complexity index is 134. The molecule has 10 heavy (non-hydrogen) atoms. The second-order valence-corrected chi connectivity index (χ2v) is 2.26. The third kappa shape index (κ3) is 5.50. The van der Waals surface area contributed by atoms with Gasteiger partial charge >= 0.3 is 0 Å². The fraction of sp³-hybridized carbons (Fsp3) is 0.667. The molecule has 0 aromatic carbocycles. The van der Waals surface area contributed by atoms with E-state index in [1.807, 2.05) is 21.0 Å². The number of hydrogen-bond acceptors (Lipinski definition) is 2. The van der Waals surface area contributed by atoms with Gasteiger partial charge in [-0.1, -0.05) is 0 Å². The topological polar surface area (TPSA) is 24.8 Å². The van der Waals surface area contributed by atoms with Gasteiger partial charge < -0.3 is 9.64 Å². The lowest BCUT2D eigenvalue weighted by Gasteiger charge is -2.02. The van der Waals surface area contributed by atoms with Crippen LogP contribution in [0.4, 0.5) is 0 Å². The lowest BCUT2D eigenvalue weighted by Crippen LogP contribution is -2.10. The van der Waals surface area contributed by atoms with Crippen LogP contribution >= 0.6 is 12.2 Å². The highest BCUT2D eigenvalue weighted by molar-refractivity contribution is 7.80. The van der Waals surface area contributed by atoms with E-state index in [0.29, 0.717) is 6.61 Å². The van der Waals surface area contributed by atoms with Crippen molar-refractivity contribution in [2.45, 2.75) is 6.92 Å². The van der Waals surface area contributed by atoms with E-state index in [4.69, 9.17) is 17.0 Å². The maximum absolute atomic E-state index is 4.90. The number of ether oxygens (including phenoxy) is 1. The van der Waals surface area contributed by atoms with Crippen LogP contribution < -0.4 is 0 Å². The maximum Gasteiger partial charge on any atom is 0.284 e. The molecular formula is C6H12N2OS. The summed E-state index contributed by atoms with van der Waals surface area (Å²) >= 11 is 4.72. The zero-order valence-electron chi connectivity index (χ0n) is 6.50. The average molecular weight is 160 g/mol. The zero-order chi connectivity index (χ0) is 7.98. The van der Waals surface area contributed by atoms with Crippen molar-refractivity contribution in [2.24, 2.45) is 4.99 Å². The van der Waals surface area contributed by atoms with Crippen molar-refractivity contribution in [3.63, 3.8) is 0 Å². The number of aliphatic imine (C=N–C) groups is 1. The Morgan fingerprint density at radius 2 is 2.30 bits per heavy atom. The van der Waals surface area contributed by atoms with Crippen LogP contribution in [0, 0.1) is 0 Å². The van der Waals surface area contributed by atoms with Gasteiger partial charge in [0.1, 0.15) is 0 Å². The van der Waals surface area contributed by atoms with Gasteiger partial charge in [-0.3, -0.25) is 0 Å². The Labute approximate surface area is 66.7 Å². The van der Waals surface area contributed by atoms with Gasteiger partial charge in [0.25, 0.3) is 5.17 Å². The molecule has 0 rings (SSSR count). The Morgan fingerprint density at radius 1 is 1.70 bits per heavy atom. The highest BCUT2D eigenvalue weighted by atomic mass is 32.1. The van der Waals surface area contributed by atoms with Gasteiger partial charge in [-0.25, -0.2) is 0 Å². The normalized spacial score (nSPS) is 9.90. The van der Waals surface area contributed by atoms with Crippen LogP contribution in [0.2, 0.25) is 0 Å². The molecular weight excluding hydrogens is 148 g/mol. The molecule has 0 aliphatic rings. The Hall–Kier alpha value is -0.640. The molecule has 0 bridgehead atoms. The molecule has 58 valence electrons. The van der Waals surface area contributed by atoms with Crippen molar-refractivity contribution in [3.8, 4) is 0 Å². The van der Waals surface area contributed by atoms with Crippen LogP contribution in [0.1, 0.15) is 6.92 Å². The van der Waals surface area contributed by atoms with Gasteiger partial charge in [0, 0.05) is 14.1 Å². The summed E-state index contributed by atoms with van der Waals surface area (Å²) in [6.45, 7) is 2.45. The quantitative estimate of drug-likeness (QED) is 0.341. The number of hydrogen-bond donors (Lipinski definition) is 0. The van der Waals surface area contributed by atoms with E-state index in [1.54, 1.807) is 11.2 Å². The van der Waals surface area contributed by atoms with Crippen molar-refractivity contribution in [3.05, 3.63) is 0 Å². The van der Waals surface area contributed by atoms with Crippen LogP contribution in [0.3, 0.4) is 0 Å². The molecule has 0 aliphatic heterocycles. The van der Waals surface area contributed by atoms with E-state index in [0.717, 1.165) is 0 Å². The SMILES string of the molecule is CCOC(=S)/N=C/N(C)C. The van der Waals surface area contributed by atoms with Crippen LogP contribution in [-0.2, 0) is 4.74 Å². The Kier molecular flexibility index (Phi) is 4.84. The van der Waals surface area contributed by atoms with Gasteiger partial charge in [0.15, 0.2) is 0 Å². The second kappa shape index (κ2) is 5.17. The summed E-state index contributed by atoms with van der Waals surface area (Å²) in [5, 5.41) is 0.288. The van der Waals surface area contributed by atoms with E-state index >= 15 is 0 Å². The summed E-state index contributed by atoms with van der Waals surface area (Å²) in [7, 11) is 3.75. The van der Waals surface area contributed by atoms with Crippen LogP contribution in [0.25, 0.3) is 0 Å². The van der Waals surface area contributed by atoms with Crippen molar-refractivity contribution >= 4 is 23.7 Å². The van der Waals surface area contributed by atoms with Crippen LogP contribution in [0.15, 0.2) is 4.99 Å². The smallest absolute Gasteiger partial charge is 0.284 e. The minimum Gasteiger partial charge on any atom is -0.470 e. The summed E-state index contributed by atoms with van der Waals surface area (Å²) in [5.74, 6) is 0. The Balaban J connectivity index is 3.56. The average Bonchev–Trinajstić information content (AvgIpc) is 1.85. The van der Waals surface area contributed by atoms with Crippen molar-refractivity contribution in [1.82, 2.24) is 4.90 Å². The molecule has 0 atom stereocenters. The highest BCUT2D eigenvalue weighted by Crippen LogP contribution is 1.82. The first kappa shape index (κ1) is 9.36. The molecule has 0 radical (unpaired) electrons. The lowest BCUT2D eigenvalue weighted by molar-refractivity contribution is 0.331. The number of thiocarbonyl (C=S) groups is 1. The molecule has 3 nitrogen and oxygen atoms in total. The summed E-state index contributed by atoms with van der Waals surface area (Å²) in [4.78, 5) is 5.62. The maximum atomic E-state index is 4.90. The van der Waals surface area contributed by atoms with Gasteiger partial charge in [-0.2, -0.15) is 4.99 Å². The van der Waals surface area contributed by atoms with Crippen LogP contribution in [0.5, 0.6) is 0 Å². The fourth-order valence-electron chi connectivity index (χ4n) is 0.323. The Morgan fingerprint density at radius 3 is 2.70 bits per heavy atom. The largest absolute Gasteiger partial charge is 0.470 e. The van der Waals surface area contributed by atoms with Gasteiger partial charge in [0.05, 0.1) is 12.9 Å². The van der Waals surface area contributed by atoms with Crippen LogP contribution in [-0.4, -0.2) is 37.1 Å². The molecule has 0 unspecified atom stereocenters. The third-order valence-corrected chi connectivity index (χ3v) is 0.885. The fourth-order valence-corrected chi connectivity index (χ4v) is 0.488. The highest BCUT2D eigenvalue weighted by Gasteiger charge is 1.87. The van der Waals surface area contributed by atoms with Crippen molar-refractivity contribution in [1.29, 1.82) is 0 Å². The van der Waals surface area contributed by atoms with E-state index in [1.165, 1.54) is 0 Å². The monoisotopic (exact) mass is 160 g/mol. The predicted octanol–water partition coefficient (Wildman–Crippen LogP) is 0.898. The molecule has 0 heterocycles. The molecule has 0 N–H and O–H groups in total. The van der Waals surface area contributed by atoms with Crippen molar-refractivity contribution in [2.75, 3.05) is 20.7 Å². The summed E-state index contributed by atoms with van der Waals surface area (Å²) in [5.41, 5.74) is 0. The molecule has 0 aliphatic carbocycles. The first-order valence-electron chi connectivity index (χ1n) is 3.04. The predicted molar refractivity (Wildman–Crippen MR) is 46.4 cm³/mol. The van der Waals surface area contributed by atoms with E-state index < -0.39 is 0 Å². The van der Waals surface area contributed by atoms with E-state index in [2.05, 4.69) is 4.99 Å². The molecule has 0 aromatic heterocycles. The number of nitrogens with zero attached hydrogens (tertiary/aromatic N) is 2. The first-order valence-corrected chi connectivity index (χ1v) is 3.45. The second-order valence-electron chi connectivity index (χ2n) is 1.91. The van der Waals surface area contributed by atoms with Gasteiger partial charge in [-0.05, 0) is 19.1 Å². The molecule has 4 heteroatoms. The third-order valence-electron chi connectivity index (χ3n) is 0.662.